The smallest absolute Gasteiger partial charge is 0.216 e. The third-order valence-corrected chi connectivity index (χ3v) is 5.19. The summed E-state index contributed by atoms with van der Waals surface area (Å²) >= 11 is 1.45. The van der Waals surface area contributed by atoms with E-state index in [0.29, 0.717) is 13.2 Å². The van der Waals surface area contributed by atoms with E-state index in [0.717, 1.165) is 10.4 Å². The Bertz CT molecular complexity index is 569. The molecular weight excluding hydrogens is 298 g/mol. The minimum atomic E-state index is -3.30. The standard InChI is InChI=1S/C13H19NO4S2/c1-3-18-7-8-20(16,17)14(2)10-13-9-12(11-19-13)5-4-6-15/h9,11,15H,3,6-8,10H2,1-2H3. The van der Waals surface area contributed by atoms with Gasteiger partial charge in [0, 0.05) is 36.0 Å². The highest BCUT2D eigenvalue weighted by atomic mass is 32.2. The SMILES string of the molecule is CCOCCS(=O)(=O)N(C)Cc1cc(C#CCO)cs1. The lowest BCUT2D eigenvalue weighted by atomic mass is 10.3. The van der Waals surface area contributed by atoms with Gasteiger partial charge in [-0.25, -0.2) is 8.42 Å². The minimum absolute atomic E-state index is 0.0140. The Morgan fingerprint density at radius 3 is 2.90 bits per heavy atom. The Morgan fingerprint density at radius 1 is 1.50 bits per heavy atom. The average molecular weight is 317 g/mol. The van der Waals surface area contributed by atoms with Crippen molar-refractivity contribution < 1.29 is 18.3 Å². The highest BCUT2D eigenvalue weighted by Crippen LogP contribution is 2.17. The summed E-state index contributed by atoms with van der Waals surface area (Å²) in [6.45, 7) is 2.69. The Labute approximate surface area is 124 Å². The van der Waals surface area contributed by atoms with Crippen LogP contribution in [0.4, 0.5) is 0 Å². The van der Waals surface area contributed by atoms with Crippen molar-refractivity contribution in [1.29, 1.82) is 0 Å². The van der Waals surface area contributed by atoms with Crippen LogP contribution in [0.2, 0.25) is 0 Å². The molecule has 0 amide bonds. The largest absolute Gasteiger partial charge is 0.384 e. The number of aliphatic hydroxyl groups excluding tert-OH is 1. The zero-order valence-corrected chi connectivity index (χ0v) is 13.3. The van der Waals surface area contributed by atoms with Gasteiger partial charge in [0.15, 0.2) is 0 Å². The molecule has 0 saturated carbocycles. The Kier molecular flexibility index (Phi) is 7.19. The fourth-order valence-electron chi connectivity index (χ4n) is 1.45. The van der Waals surface area contributed by atoms with Crippen molar-refractivity contribution in [3.05, 3.63) is 21.9 Å². The Morgan fingerprint density at radius 2 is 2.25 bits per heavy atom. The van der Waals surface area contributed by atoms with E-state index in [1.165, 1.54) is 15.6 Å². The topological polar surface area (TPSA) is 66.8 Å². The maximum absolute atomic E-state index is 12.0. The van der Waals surface area contributed by atoms with Crippen LogP contribution in [0.1, 0.15) is 17.4 Å². The summed E-state index contributed by atoms with van der Waals surface area (Å²) in [7, 11) is -1.74. The molecule has 0 unspecified atom stereocenters. The third-order valence-electron chi connectivity index (χ3n) is 2.51. The van der Waals surface area contributed by atoms with E-state index in [-0.39, 0.29) is 19.0 Å². The van der Waals surface area contributed by atoms with Gasteiger partial charge in [-0.05, 0) is 13.0 Å². The zero-order chi connectivity index (χ0) is 15.0. The van der Waals surface area contributed by atoms with Gasteiger partial charge < -0.3 is 9.84 Å². The number of sulfonamides is 1. The number of aliphatic hydroxyl groups is 1. The molecule has 1 heterocycles. The van der Waals surface area contributed by atoms with E-state index in [4.69, 9.17) is 9.84 Å². The van der Waals surface area contributed by atoms with Crippen molar-refractivity contribution in [1.82, 2.24) is 4.31 Å². The molecule has 0 radical (unpaired) electrons. The molecule has 0 aliphatic carbocycles. The lowest BCUT2D eigenvalue weighted by Crippen LogP contribution is -2.30. The first kappa shape index (κ1) is 17.1. The number of rotatable bonds is 7. The number of nitrogens with zero attached hydrogens (tertiary/aromatic N) is 1. The molecule has 1 N–H and O–H groups in total. The van der Waals surface area contributed by atoms with Crippen molar-refractivity contribution in [2.45, 2.75) is 13.5 Å². The summed E-state index contributed by atoms with van der Waals surface area (Å²) in [5.74, 6) is 5.34. The number of hydrogen-bond acceptors (Lipinski definition) is 5. The summed E-state index contributed by atoms with van der Waals surface area (Å²) in [6.07, 6.45) is 0. The van der Waals surface area contributed by atoms with Crippen LogP contribution < -0.4 is 0 Å². The maximum atomic E-state index is 12.0. The van der Waals surface area contributed by atoms with Crippen molar-refractivity contribution in [2.75, 3.05) is 32.6 Å². The van der Waals surface area contributed by atoms with Crippen LogP contribution in [0.5, 0.6) is 0 Å². The molecule has 0 aromatic carbocycles. The molecule has 5 nitrogen and oxygen atoms in total. The molecular formula is C13H19NO4S2. The molecule has 0 aliphatic heterocycles. The van der Waals surface area contributed by atoms with Gasteiger partial charge >= 0.3 is 0 Å². The van der Waals surface area contributed by atoms with Crippen molar-refractivity contribution in [2.24, 2.45) is 0 Å². The average Bonchev–Trinajstić information content (AvgIpc) is 2.84. The van der Waals surface area contributed by atoms with Gasteiger partial charge in [-0.3, -0.25) is 0 Å². The lowest BCUT2D eigenvalue weighted by molar-refractivity contribution is 0.162. The Hall–Kier alpha value is -0.910. The predicted molar refractivity (Wildman–Crippen MR) is 80.0 cm³/mol. The fourth-order valence-corrected chi connectivity index (χ4v) is 3.38. The van der Waals surface area contributed by atoms with E-state index in [1.54, 1.807) is 7.05 Å². The molecule has 20 heavy (non-hydrogen) atoms. The fraction of sp³-hybridized carbons (Fsp3) is 0.538. The molecule has 1 aromatic heterocycles. The quantitative estimate of drug-likeness (QED) is 0.599. The van der Waals surface area contributed by atoms with Crippen LogP contribution in [0, 0.1) is 11.8 Å². The summed E-state index contributed by atoms with van der Waals surface area (Å²) in [4.78, 5) is 0.912. The highest BCUT2D eigenvalue weighted by molar-refractivity contribution is 7.89. The third kappa shape index (κ3) is 5.61. The summed E-state index contributed by atoms with van der Waals surface area (Å²) < 4.78 is 30.3. The van der Waals surface area contributed by atoms with Gasteiger partial charge in [0.1, 0.15) is 6.61 Å². The van der Waals surface area contributed by atoms with Crippen LogP contribution in [0.25, 0.3) is 0 Å². The van der Waals surface area contributed by atoms with Crippen molar-refractivity contribution in [3.8, 4) is 11.8 Å². The van der Waals surface area contributed by atoms with E-state index < -0.39 is 10.0 Å². The monoisotopic (exact) mass is 317 g/mol. The molecule has 0 fully saturated rings. The first-order chi connectivity index (χ1) is 9.49. The van der Waals surface area contributed by atoms with Gasteiger partial charge in [0.2, 0.25) is 10.0 Å². The van der Waals surface area contributed by atoms with Crippen LogP contribution in [-0.2, 0) is 21.3 Å². The van der Waals surface area contributed by atoms with E-state index in [1.807, 2.05) is 18.4 Å². The highest BCUT2D eigenvalue weighted by Gasteiger charge is 2.18. The van der Waals surface area contributed by atoms with Gasteiger partial charge in [-0.15, -0.1) is 11.3 Å². The summed E-state index contributed by atoms with van der Waals surface area (Å²) in [5, 5.41) is 10.5. The second-order valence-corrected chi connectivity index (χ2v) is 7.22. The van der Waals surface area contributed by atoms with Crippen molar-refractivity contribution in [3.63, 3.8) is 0 Å². The molecule has 0 bridgehead atoms. The molecule has 1 aromatic rings. The normalized spacial score (nSPS) is 11.4. The molecule has 112 valence electrons. The predicted octanol–water partition coefficient (Wildman–Crippen LogP) is 0.890. The van der Waals surface area contributed by atoms with Crippen LogP contribution >= 0.6 is 11.3 Å². The first-order valence-corrected chi connectivity index (χ1v) is 8.67. The van der Waals surface area contributed by atoms with Gasteiger partial charge in [-0.2, -0.15) is 4.31 Å². The number of ether oxygens (including phenoxy) is 1. The maximum Gasteiger partial charge on any atom is 0.216 e. The lowest BCUT2D eigenvalue weighted by Gasteiger charge is -2.16. The molecule has 0 saturated heterocycles. The number of thiophene rings is 1. The molecule has 1 rings (SSSR count). The summed E-state index contributed by atoms with van der Waals surface area (Å²) in [5.41, 5.74) is 0.791. The summed E-state index contributed by atoms with van der Waals surface area (Å²) in [6, 6.07) is 1.84. The van der Waals surface area contributed by atoms with Gasteiger partial charge in [0.25, 0.3) is 0 Å². The minimum Gasteiger partial charge on any atom is -0.384 e. The molecule has 7 heteroatoms. The van der Waals surface area contributed by atoms with Crippen molar-refractivity contribution >= 4 is 21.4 Å². The Balaban J connectivity index is 2.60. The molecule has 0 aliphatic rings. The van der Waals surface area contributed by atoms with E-state index >= 15 is 0 Å². The van der Waals surface area contributed by atoms with Gasteiger partial charge in [-0.1, -0.05) is 11.8 Å². The van der Waals surface area contributed by atoms with E-state index in [9.17, 15) is 8.42 Å². The first-order valence-electron chi connectivity index (χ1n) is 6.18. The second kappa shape index (κ2) is 8.39. The molecule has 0 atom stereocenters. The number of hydrogen-bond donors (Lipinski definition) is 1. The van der Waals surface area contributed by atoms with Crippen LogP contribution in [0.15, 0.2) is 11.4 Å². The van der Waals surface area contributed by atoms with Gasteiger partial charge in [0.05, 0.1) is 12.4 Å². The van der Waals surface area contributed by atoms with E-state index in [2.05, 4.69) is 11.8 Å². The molecule has 0 spiro atoms. The van der Waals surface area contributed by atoms with Crippen LogP contribution in [-0.4, -0.2) is 50.5 Å². The zero-order valence-electron chi connectivity index (χ0n) is 11.6. The second-order valence-electron chi connectivity index (χ2n) is 4.03. The van der Waals surface area contributed by atoms with Crippen LogP contribution in [0.3, 0.4) is 0 Å².